The lowest BCUT2D eigenvalue weighted by Gasteiger charge is -2.41. The van der Waals surface area contributed by atoms with Gasteiger partial charge in [-0.05, 0) is 61.1 Å². The molecule has 2 bridgehead atoms. The Bertz CT molecular complexity index is 751. The van der Waals surface area contributed by atoms with E-state index in [2.05, 4.69) is 24.3 Å². The van der Waals surface area contributed by atoms with Gasteiger partial charge in [0.25, 0.3) is 0 Å². The van der Waals surface area contributed by atoms with E-state index in [1.165, 1.54) is 48.4 Å². The van der Waals surface area contributed by atoms with E-state index in [1.54, 1.807) is 7.11 Å². The molecule has 2 nitrogen and oxygen atoms in total. The molecule has 1 spiro atoms. The molecular weight excluding hydrogens is 272 g/mol. The van der Waals surface area contributed by atoms with Gasteiger partial charge in [0, 0.05) is 16.4 Å². The van der Waals surface area contributed by atoms with Gasteiger partial charge in [0.05, 0.1) is 13.7 Å². The Morgan fingerprint density at radius 3 is 2.86 bits per heavy atom. The average molecular weight is 294 g/mol. The molecule has 22 heavy (non-hydrogen) atoms. The van der Waals surface area contributed by atoms with Gasteiger partial charge in [-0.15, -0.1) is 0 Å². The number of hydrogen-bond acceptors (Lipinski definition) is 2. The van der Waals surface area contributed by atoms with Crippen molar-refractivity contribution < 1.29 is 9.47 Å². The van der Waals surface area contributed by atoms with Gasteiger partial charge in [-0.2, -0.15) is 0 Å². The van der Waals surface area contributed by atoms with Crippen molar-refractivity contribution >= 4 is 10.8 Å². The molecule has 114 valence electrons. The SMILES string of the molecule is COc1cccc2c3c(ccc12)OCC1(C3)CC2CCC1C2. The number of fused-ring (bicyclic) bond motifs is 6. The fourth-order valence-electron chi connectivity index (χ4n) is 5.44. The van der Waals surface area contributed by atoms with Gasteiger partial charge in [0.2, 0.25) is 0 Å². The Hall–Kier alpha value is -1.70. The molecule has 0 radical (unpaired) electrons. The van der Waals surface area contributed by atoms with Crippen molar-refractivity contribution in [3.8, 4) is 11.5 Å². The van der Waals surface area contributed by atoms with Gasteiger partial charge in [-0.3, -0.25) is 0 Å². The first kappa shape index (κ1) is 12.8. The van der Waals surface area contributed by atoms with Crippen LogP contribution in [-0.4, -0.2) is 13.7 Å². The zero-order valence-corrected chi connectivity index (χ0v) is 13.1. The molecule has 2 saturated carbocycles. The van der Waals surface area contributed by atoms with Gasteiger partial charge in [-0.25, -0.2) is 0 Å². The van der Waals surface area contributed by atoms with E-state index in [-0.39, 0.29) is 0 Å². The summed E-state index contributed by atoms with van der Waals surface area (Å²) < 4.78 is 11.8. The largest absolute Gasteiger partial charge is 0.496 e. The molecule has 0 amide bonds. The van der Waals surface area contributed by atoms with Crippen LogP contribution in [0.2, 0.25) is 0 Å². The van der Waals surface area contributed by atoms with Crippen LogP contribution in [0.4, 0.5) is 0 Å². The molecule has 2 fully saturated rings. The summed E-state index contributed by atoms with van der Waals surface area (Å²) in [6.45, 7) is 0.927. The molecule has 1 heterocycles. The van der Waals surface area contributed by atoms with Crippen molar-refractivity contribution in [2.24, 2.45) is 17.3 Å². The third-order valence-electron chi connectivity index (χ3n) is 6.46. The van der Waals surface area contributed by atoms with E-state index < -0.39 is 0 Å². The average Bonchev–Trinajstić information content (AvgIpc) is 3.15. The zero-order valence-electron chi connectivity index (χ0n) is 13.1. The van der Waals surface area contributed by atoms with Crippen LogP contribution in [0.3, 0.4) is 0 Å². The topological polar surface area (TPSA) is 18.5 Å². The van der Waals surface area contributed by atoms with Gasteiger partial charge < -0.3 is 9.47 Å². The summed E-state index contributed by atoms with van der Waals surface area (Å²) in [6.07, 6.45) is 6.86. The molecular formula is C20H22O2. The summed E-state index contributed by atoms with van der Waals surface area (Å²) >= 11 is 0. The first-order valence-corrected chi connectivity index (χ1v) is 8.50. The Morgan fingerprint density at radius 1 is 1.14 bits per heavy atom. The fourth-order valence-corrected chi connectivity index (χ4v) is 5.44. The lowest BCUT2D eigenvalue weighted by Crippen LogP contribution is -2.39. The minimum absolute atomic E-state index is 0.410. The minimum atomic E-state index is 0.410. The second kappa shape index (κ2) is 4.41. The highest BCUT2D eigenvalue weighted by molar-refractivity contribution is 5.92. The summed E-state index contributed by atoms with van der Waals surface area (Å²) in [4.78, 5) is 0. The molecule has 1 aliphatic heterocycles. The van der Waals surface area contributed by atoms with Crippen molar-refractivity contribution in [1.82, 2.24) is 0 Å². The van der Waals surface area contributed by atoms with Crippen LogP contribution in [0.15, 0.2) is 30.3 Å². The zero-order chi connectivity index (χ0) is 14.7. The van der Waals surface area contributed by atoms with Crippen molar-refractivity contribution in [3.05, 3.63) is 35.9 Å². The Labute approximate surface area is 131 Å². The Balaban J connectivity index is 1.65. The molecule has 0 N–H and O–H groups in total. The van der Waals surface area contributed by atoms with Crippen LogP contribution in [0.1, 0.15) is 31.2 Å². The molecule has 3 atom stereocenters. The van der Waals surface area contributed by atoms with Gasteiger partial charge in [0.15, 0.2) is 0 Å². The number of ether oxygens (including phenoxy) is 2. The molecule has 0 saturated heterocycles. The summed E-state index contributed by atoms with van der Waals surface area (Å²) in [5.41, 5.74) is 1.82. The fraction of sp³-hybridized carbons (Fsp3) is 0.500. The van der Waals surface area contributed by atoms with Gasteiger partial charge in [-0.1, -0.05) is 18.6 Å². The Kier molecular flexibility index (Phi) is 2.56. The van der Waals surface area contributed by atoms with Gasteiger partial charge >= 0.3 is 0 Å². The van der Waals surface area contributed by atoms with Crippen molar-refractivity contribution in [1.29, 1.82) is 0 Å². The van der Waals surface area contributed by atoms with Crippen LogP contribution in [-0.2, 0) is 6.42 Å². The number of rotatable bonds is 1. The highest BCUT2D eigenvalue weighted by Crippen LogP contribution is 2.59. The third kappa shape index (κ3) is 1.61. The van der Waals surface area contributed by atoms with Crippen LogP contribution in [0.5, 0.6) is 11.5 Å². The van der Waals surface area contributed by atoms with Crippen molar-refractivity contribution in [2.45, 2.75) is 32.1 Å². The number of benzene rings is 2. The van der Waals surface area contributed by atoms with Crippen LogP contribution in [0.25, 0.3) is 10.8 Å². The predicted molar refractivity (Wildman–Crippen MR) is 87.6 cm³/mol. The van der Waals surface area contributed by atoms with E-state index in [4.69, 9.17) is 9.47 Å². The number of hydrogen-bond donors (Lipinski definition) is 0. The molecule has 2 aromatic rings. The quantitative estimate of drug-likeness (QED) is 0.766. The standard InChI is InChI=1S/C20H22O2/c1-21-18-4-2-3-15-16(18)7-8-19-17(15)11-20(12-22-19)10-13-5-6-14(20)9-13/h2-4,7-8,13-14H,5-6,9-12H2,1H3. The van der Waals surface area contributed by atoms with E-state index >= 15 is 0 Å². The highest BCUT2D eigenvalue weighted by atomic mass is 16.5. The maximum atomic E-state index is 6.25. The predicted octanol–water partition coefficient (Wildman–Crippen LogP) is 4.59. The maximum absolute atomic E-state index is 6.25. The van der Waals surface area contributed by atoms with Crippen molar-refractivity contribution in [3.63, 3.8) is 0 Å². The Morgan fingerprint density at radius 2 is 2.09 bits per heavy atom. The van der Waals surface area contributed by atoms with Gasteiger partial charge in [0.1, 0.15) is 11.5 Å². The molecule has 0 aromatic heterocycles. The summed E-state index contributed by atoms with van der Waals surface area (Å²) in [5.74, 6) is 3.90. The maximum Gasteiger partial charge on any atom is 0.126 e. The normalized spacial score (nSPS) is 32.2. The molecule has 2 heteroatoms. The first-order chi connectivity index (χ1) is 10.8. The van der Waals surface area contributed by atoms with Crippen molar-refractivity contribution in [2.75, 3.05) is 13.7 Å². The van der Waals surface area contributed by atoms with Crippen LogP contribution >= 0.6 is 0 Å². The van der Waals surface area contributed by atoms with Crippen LogP contribution < -0.4 is 9.47 Å². The molecule has 2 aromatic carbocycles. The smallest absolute Gasteiger partial charge is 0.126 e. The lowest BCUT2D eigenvalue weighted by molar-refractivity contribution is 0.0618. The second-order valence-corrected chi connectivity index (χ2v) is 7.51. The molecule has 5 rings (SSSR count). The third-order valence-corrected chi connectivity index (χ3v) is 6.46. The molecule has 3 aliphatic rings. The molecule has 2 aliphatic carbocycles. The summed E-state index contributed by atoms with van der Waals surface area (Å²) in [5, 5.41) is 2.53. The van der Waals surface area contributed by atoms with E-state index in [9.17, 15) is 0 Å². The van der Waals surface area contributed by atoms with E-state index in [0.29, 0.717) is 5.41 Å². The molecule has 3 unspecified atom stereocenters. The van der Waals surface area contributed by atoms with E-state index in [0.717, 1.165) is 29.9 Å². The van der Waals surface area contributed by atoms with Crippen LogP contribution in [0, 0.1) is 17.3 Å². The number of methoxy groups -OCH3 is 1. The van der Waals surface area contributed by atoms with E-state index in [1.807, 2.05) is 6.07 Å². The lowest BCUT2D eigenvalue weighted by atomic mass is 9.68. The minimum Gasteiger partial charge on any atom is -0.496 e. The summed E-state index contributed by atoms with van der Waals surface area (Å²) in [6, 6.07) is 10.7. The second-order valence-electron chi connectivity index (χ2n) is 7.51. The first-order valence-electron chi connectivity index (χ1n) is 8.50. The monoisotopic (exact) mass is 294 g/mol. The summed E-state index contributed by atoms with van der Waals surface area (Å²) in [7, 11) is 1.75. The highest BCUT2D eigenvalue weighted by Gasteiger charge is 2.52.